The smallest absolute Gasteiger partial charge is 0.123 e. The number of aromatic nitrogens is 2. The first-order valence-corrected chi connectivity index (χ1v) is 7.05. The highest BCUT2D eigenvalue weighted by Gasteiger charge is 2.01. The highest BCUT2D eigenvalue weighted by molar-refractivity contribution is 7.13. The number of anilines is 1. The predicted molar refractivity (Wildman–Crippen MR) is 80.3 cm³/mol. The van der Waals surface area contributed by atoms with Crippen molar-refractivity contribution in [2.45, 2.75) is 6.54 Å². The Hall–Kier alpha value is -2.07. The van der Waals surface area contributed by atoms with Gasteiger partial charge in [-0.15, -0.1) is 11.3 Å². The molecule has 2 aromatic heterocycles. The zero-order valence-electron chi connectivity index (χ0n) is 10.7. The first-order valence-electron chi connectivity index (χ1n) is 6.17. The Labute approximate surface area is 116 Å². The van der Waals surface area contributed by atoms with E-state index in [1.165, 1.54) is 11.3 Å². The number of rotatable bonds is 4. The van der Waals surface area contributed by atoms with Gasteiger partial charge in [-0.05, 0) is 36.4 Å². The summed E-state index contributed by atoms with van der Waals surface area (Å²) in [6, 6.07) is 12.6. The predicted octanol–water partition coefficient (Wildman–Crippen LogP) is 3.76. The highest BCUT2D eigenvalue weighted by Crippen LogP contribution is 2.23. The number of benzene rings is 1. The van der Waals surface area contributed by atoms with Crippen molar-refractivity contribution < 1.29 is 0 Å². The summed E-state index contributed by atoms with van der Waals surface area (Å²) in [6.45, 7) is 0.833. The second-order valence-electron chi connectivity index (χ2n) is 4.38. The van der Waals surface area contributed by atoms with Crippen molar-refractivity contribution in [2.24, 2.45) is 7.05 Å². The van der Waals surface area contributed by atoms with E-state index in [9.17, 15) is 0 Å². The number of thiazole rings is 1. The summed E-state index contributed by atoms with van der Waals surface area (Å²) in [5, 5.41) is 6.48. The van der Waals surface area contributed by atoms with Crippen LogP contribution in [0.3, 0.4) is 0 Å². The molecule has 0 aliphatic carbocycles. The van der Waals surface area contributed by atoms with Crippen molar-refractivity contribution in [3.05, 3.63) is 59.9 Å². The Kier molecular flexibility index (Phi) is 3.33. The number of hydrogen-bond donors (Lipinski definition) is 1. The molecule has 0 spiro atoms. The van der Waals surface area contributed by atoms with E-state index in [0.717, 1.165) is 17.2 Å². The van der Waals surface area contributed by atoms with E-state index in [0.29, 0.717) is 0 Å². The van der Waals surface area contributed by atoms with Crippen molar-refractivity contribution in [3.8, 4) is 10.6 Å². The average molecular weight is 269 g/mol. The van der Waals surface area contributed by atoms with Gasteiger partial charge in [0.05, 0.1) is 6.54 Å². The zero-order chi connectivity index (χ0) is 13.1. The molecule has 0 aliphatic heterocycles. The largest absolute Gasteiger partial charge is 0.379 e. The van der Waals surface area contributed by atoms with Gasteiger partial charge in [-0.25, -0.2) is 4.98 Å². The Balaban J connectivity index is 1.68. The maximum atomic E-state index is 4.31. The molecule has 3 rings (SSSR count). The van der Waals surface area contributed by atoms with Crippen molar-refractivity contribution >= 4 is 17.0 Å². The Morgan fingerprint density at radius 2 is 2.05 bits per heavy atom. The van der Waals surface area contributed by atoms with E-state index >= 15 is 0 Å². The second-order valence-corrected chi connectivity index (χ2v) is 5.27. The van der Waals surface area contributed by atoms with E-state index in [1.54, 1.807) is 11.3 Å². The molecule has 2 heterocycles. The van der Waals surface area contributed by atoms with Crippen LogP contribution in [0.1, 0.15) is 5.69 Å². The average Bonchev–Trinajstić information content (AvgIpc) is 3.09. The molecule has 3 aromatic rings. The van der Waals surface area contributed by atoms with Gasteiger partial charge in [0.2, 0.25) is 0 Å². The van der Waals surface area contributed by atoms with Gasteiger partial charge >= 0.3 is 0 Å². The minimum Gasteiger partial charge on any atom is -0.379 e. The molecule has 4 heteroatoms. The van der Waals surface area contributed by atoms with Gasteiger partial charge in [0.25, 0.3) is 0 Å². The van der Waals surface area contributed by atoms with E-state index in [4.69, 9.17) is 0 Å². The van der Waals surface area contributed by atoms with Gasteiger partial charge in [-0.2, -0.15) is 0 Å². The third kappa shape index (κ3) is 2.69. The van der Waals surface area contributed by atoms with E-state index < -0.39 is 0 Å². The summed E-state index contributed by atoms with van der Waals surface area (Å²) in [7, 11) is 2.06. The summed E-state index contributed by atoms with van der Waals surface area (Å²) in [4.78, 5) is 4.31. The van der Waals surface area contributed by atoms with Crippen LogP contribution in [-0.2, 0) is 13.6 Å². The lowest BCUT2D eigenvalue weighted by molar-refractivity contribution is 0.842. The molecule has 0 atom stereocenters. The molecule has 19 heavy (non-hydrogen) atoms. The molecule has 3 nitrogen and oxygen atoms in total. The topological polar surface area (TPSA) is 29.9 Å². The quantitative estimate of drug-likeness (QED) is 0.781. The lowest BCUT2D eigenvalue weighted by Crippen LogP contribution is -2.03. The van der Waals surface area contributed by atoms with Crippen molar-refractivity contribution in [1.29, 1.82) is 0 Å². The molecule has 96 valence electrons. The summed E-state index contributed by atoms with van der Waals surface area (Å²) in [5.74, 6) is 0. The van der Waals surface area contributed by atoms with E-state index in [1.807, 2.05) is 11.6 Å². The van der Waals surface area contributed by atoms with Crippen LogP contribution in [0.5, 0.6) is 0 Å². The van der Waals surface area contributed by atoms with Crippen LogP contribution in [-0.4, -0.2) is 9.55 Å². The van der Waals surface area contributed by atoms with Gasteiger partial charge in [-0.3, -0.25) is 0 Å². The fourth-order valence-corrected chi connectivity index (χ4v) is 2.61. The summed E-state index contributed by atoms with van der Waals surface area (Å²) < 4.78 is 2.12. The minimum atomic E-state index is 0.833. The van der Waals surface area contributed by atoms with Crippen LogP contribution in [0.2, 0.25) is 0 Å². The first kappa shape index (κ1) is 12.0. The molecular weight excluding hydrogens is 254 g/mol. The van der Waals surface area contributed by atoms with Crippen molar-refractivity contribution in [2.75, 3.05) is 5.32 Å². The molecule has 0 saturated heterocycles. The molecule has 0 fully saturated rings. The Morgan fingerprint density at radius 3 is 2.68 bits per heavy atom. The van der Waals surface area contributed by atoms with Gasteiger partial charge in [0, 0.05) is 41.8 Å². The molecule has 0 amide bonds. The number of hydrogen-bond acceptors (Lipinski definition) is 3. The molecule has 1 N–H and O–H groups in total. The highest BCUT2D eigenvalue weighted by atomic mass is 32.1. The maximum Gasteiger partial charge on any atom is 0.123 e. The van der Waals surface area contributed by atoms with Gasteiger partial charge in [0.1, 0.15) is 5.01 Å². The molecule has 0 unspecified atom stereocenters. The third-order valence-corrected chi connectivity index (χ3v) is 3.91. The van der Waals surface area contributed by atoms with E-state index in [2.05, 4.69) is 64.5 Å². The van der Waals surface area contributed by atoms with Crippen LogP contribution in [0.15, 0.2) is 54.2 Å². The van der Waals surface area contributed by atoms with Crippen LogP contribution >= 0.6 is 11.3 Å². The minimum absolute atomic E-state index is 0.833. The second kappa shape index (κ2) is 5.28. The third-order valence-electron chi connectivity index (χ3n) is 3.09. The molecule has 0 aliphatic rings. The molecule has 0 bridgehead atoms. The number of nitrogens with one attached hydrogen (secondary N) is 1. The fourth-order valence-electron chi connectivity index (χ4n) is 1.97. The van der Waals surface area contributed by atoms with Gasteiger partial charge in [0.15, 0.2) is 0 Å². The Morgan fingerprint density at radius 1 is 1.21 bits per heavy atom. The van der Waals surface area contributed by atoms with Crippen LogP contribution in [0, 0.1) is 0 Å². The molecule has 1 aromatic carbocycles. The SMILES string of the molecule is Cn1cccc1CNc1ccc(-c2nccs2)cc1. The van der Waals surface area contributed by atoms with Crippen LogP contribution < -0.4 is 5.32 Å². The van der Waals surface area contributed by atoms with Crippen LogP contribution in [0.25, 0.3) is 10.6 Å². The standard InChI is InChI=1S/C15H15N3S/c1-18-9-2-3-14(18)11-17-13-6-4-12(5-7-13)15-16-8-10-19-15/h2-10,17H,11H2,1H3. The monoisotopic (exact) mass is 269 g/mol. The van der Waals surface area contributed by atoms with E-state index in [-0.39, 0.29) is 0 Å². The lowest BCUT2D eigenvalue weighted by atomic mass is 10.2. The molecular formula is C15H15N3S. The molecule has 0 saturated carbocycles. The van der Waals surface area contributed by atoms with Crippen molar-refractivity contribution in [1.82, 2.24) is 9.55 Å². The van der Waals surface area contributed by atoms with Gasteiger partial charge in [-0.1, -0.05) is 0 Å². The maximum absolute atomic E-state index is 4.31. The van der Waals surface area contributed by atoms with Crippen LogP contribution in [0.4, 0.5) is 5.69 Å². The fraction of sp³-hybridized carbons (Fsp3) is 0.133. The van der Waals surface area contributed by atoms with Crippen molar-refractivity contribution in [3.63, 3.8) is 0 Å². The molecule has 0 radical (unpaired) electrons. The number of nitrogens with zero attached hydrogens (tertiary/aromatic N) is 2. The summed E-state index contributed by atoms with van der Waals surface area (Å²) >= 11 is 1.66. The normalized spacial score (nSPS) is 10.6. The Bertz CT molecular complexity index is 638. The summed E-state index contributed by atoms with van der Waals surface area (Å²) in [5.41, 5.74) is 3.56. The summed E-state index contributed by atoms with van der Waals surface area (Å²) in [6.07, 6.45) is 3.89. The number of aryl methyl sites for hydroxylation is 1. The van der Waals surface area contributed by atoms with Gasteiger partial charge < -0.3 is 9.88 Å². The lowest BCUT2D eigenvalue weighted by Gasteiger charge is -2.08. The zero-order valence-corrected chi connectivity index (χ0v) is 11.5. The first-order chi connectivity index (χ1) is 9.33.